The molecule has 1 aliphatic carbocycles. The third kappa shape index (κ3) is 2.57. The van der Waals surface area contributed by atoms with E-state index in [1.807, 2.05) is 0 Å². The average molecular weight is 271 g/mol. The number of hydrogen-bond donors (Lipinski definition) is 1. The lowest BCUT2D eigenvalue weighted by atomic mass is 10.0. The summed E-state index contributed by atoms with van der Waals surface area (Å²) in [5, 5.41) is 16.7. The molecule has 2 aromatic rings. The Bertz CT molecular complexity index is 634. The first-order valence-corrected chi connectivity index (χ1v) is 6.96. The van der Waals surface area contributed by atoms with Gasteiger partial charge in [0.15, 0.2) is 0 Å². The highest BCUT2D eigenvalue weighted by Crippen LogP contribution is 2.27. The predicted molar refractivity (Wildman–Crippen MR) is 74.4 cm³/mol. The minimum atomic E-state index is -0.774. The lowest BCUT2D eigenvalue weighted by molar-refractivity contribution is -0.137. The fourth-order valence-corrected chi connectivity index (χ4v) is 2.76. The Hall–Kier alpha value is -2.17. The van der Waals surface area contributed by atoms with Crippen molar-refractivity contribution < 1.29 is 9.90 Å². The van der Waals surface area contributed by atoms with Gasteiger partial charge in [0.05, 0.1) is 11.9 Å². The second kappa shape index (κ2) is 5.45. The molecule has 0 amide bonds. The molecule has 5 nitrogen and oxygen atoms in total. The van der Waals surface area contributed by atoms with E-state index in [2.05, 4.69) is 28.5 Å². The molecule has 104 valence electrons. The highest BCUT2D eigenvalue weighted by atomic mass is 16.4. The molecule has 1 aromatic carbocycles. The maximum atomic E-state index is 10.6. The van der Waals surface area contributed by atoms with Crippen molar-refractivity contribution in [2.45, 2.75) is 38.6 Å². The van der Waals surface area contributed by atoms with Gasteiger partial charge >= 0.3 is 5.97 Å². The number of carboxylic acid groups (broad SMARTS) is 1. The SMILES string of the molecule is O=C(O)CCCn1nncc1-c1ccc2c(c1)CCC2. The van der Waals surface area contributed by atoms with E-state index in [9.17, 15) is 4.79 Å². The molecule has 1 aliphatic rings. The lowest BCUT2D eigenvalue weighted by Crippen LogP contribution is -2.05. The van der Waals surface area contributed by atoms with Crippen molar-refractivity contribution >= 4 is 5.97 Å². The summed E-state index contributed by atoms with van der Waals surface area (Å²) in [5.74, 6) is -0.774. The minimum Gasteiger partial charge on any atom is -0.481 e. The molecule has 0 atom stereocenters. The van der Waals surface area contributed by atoms with Gasteiger partial charge in [-0.05, 0) is 42.9 Å². The molecule has 0 saturated carbocycles. The van der Waals surface area contributed by atoms with Crippen molar-refractivity contribution in [1.29, 1.82) is 0 Å². The first-order chi connectivity index (χ1) is 9.74. The van der Waals surface area contributed by atoms with Crippen molar-refractivity contribution in [1.82, 2.24) is 15.0 Å². The van der Waals surface area contributed by atoms with Gasteiger partial charge in [-0.1, -0.05) is 17.3 Å². The van der Waals surface area contributed by atoms with Gasteiger partial charge in [-0.25, -0.2) is 4.68 Å². The summed E-state index contributed by atoms with van der Waals surface area (Å²) in [5.41, 5.74) is 4.94. The van der Waals surface area contributed by atoms with E-state index >= 15 is 0 Å². The summed E-state index contributed by atoms with van der Waals surface area (Å²) >= 11 is 0. The fraction of sp³-hybridized carbons (Fsp3) is 0.400. The molecule has 0 saturated heterocycles. The smallest absolute Gasteiger partial charge is 0.303 e. The quantitative estimate of drug-likeness (QED) is 0.906. The van der Waals surface area contributed by atoms with Crippen LogP contribution in [0.5, 0.6) is 0 Å². The minimum absolute atomic E-state index is 0.156. The first kappa shape index (κ1) is 12.8. The second-order valence-corrected chi connectivity index (χ2v) is 5.18. The molecule has 0 fully saturated rings. The average Bonchev–Trinajstić information content (AvgIpc) is 3.05. The van der Waals surface area contributed by atoms with E-state index in [-0.39, 0.29) is 6.42 Å². The molecule has 20 heavy (non-hydrogen) atoms. The summed E-state index contributed by atoms with van der Waals surface area (Å²) in [6.45, 7) is 0.582. The lowest BCUT2D eigenvalue weighted by Gasteiger charge is -2.07. The molecule has 1 aromatic heterocycles. The zero-order chi connectivity index (χ0) is 13.9. The predicted octanol–water partition coefficient (Wildman–Crippen LogP) is 2.30. The van der Waals surface area contributed by atoms with Crippen molar-refractivity contribution in [3.05, 3.63) is 35.5 Å². The molecule has 5 heteroatoms. The van der Waals surface area contributed by atoms with Crippen LogP contribution in [0.1, 0.15) is 30.4 Å². The van der Waals surface area contributed by atoms with Gasteiger partial charge < -0.3 is 5.11 Å². The van der Waals surface area contributed by atoms with Gasteiger partial charge in [0.2, 0.25) is 0 Å². The monoisotopic (exact) mass is 271 g/mol. The molecule has 0 aliphatic heterocycles. The van der Waals surface area contributed by atoms with Crippen molar-refractivity contribution in [2.75, 3.05) is 0 Å². The van der Waals surface area contributed by atoms with Gasteiger partial charge in [-0.3, -0.25) is 4.79 Å². The van der Waals surface area contributed by atoms with Crippen LogP contribution in [0, 0.1) is 0 Å². The third-order valence-corrected chi connectivity index (χ3v) is 3.77. The molecule has 0 bridgehead atoms. The molecule has 0 radical (unpaired) electrons. The van der Waals surface area contributed by atoms with E-state index in [0.29, 0.717) is 13.0 Å². The van der Waals surface area contributed by atoms with Gasteiger partial charge in [-0.15, -0.1) is 5.10 Å². The van der Waals surface area contributed by atoms with Gasteiger partial charge in [0.1, 0.15) is 0 Å². The van der Waals surface area contributed by atoms with Crippen LogP contribution >= 0.6 is 0 Å². The molecule has 0 spiro atoms. The van der Waals surface area contributed by atoms with E-state index in [0.717, 1.165) is 17.7 Å². The summed E-state index contributed by atoms with van der Waals surface area (Å²) in [7, 11) is 0. The van der Waals surface area contributed by atoms with Gasteiger partial charge in [-0.2, -0.15) is 0 Å². The Morgan fingerprint density at radius 2 is 2.15 bits per heavy atom. The Morgan fingerprint density at radius 1 is 1.30 bits per heavy atom. The van der Waals surface area contributed by atoms with Crippen LogP contribution in [0.25, 0.3) is 11.3 Å². The largest absolute Gasteiger partial charge is 0.481 e. The Labute approximate surface area is 117 Å². The number of aromatic nitrogens is 3. The van der Waals surface area contributed by atoms with E-state index in [4.69, 9.17) is 5.11 Å². The second-order valence-electron chi connectivity index (χ2n) is 5.18. The standard InChI is InChI=1S/C15H17N3O2/c19-15(20)5-2-8-18-14(10-16-17-18)13-7-6-11-3-1-4-12(11)9-13/h6-7,9-10H,1-5,8H2,(H,19,20). The molecule has 0 unspecified atom stereocenters. The van der Waals surface area contributed by atoms with Crippen molar-refractivity contribution in [3.63, 3.8) is 0 Å². The Balaban J connectivity index is 1.80. The van der Waals surface area contributed by atoms with Crippen LogP contribution < -0.4 is 0 Å². The maximum Gasteiger partial charge on any atom is 0.303 e. The molecular weight excluding hydrogens is 254 g/mol. The highest BCUT2D eigenvalue weighted by molar-refractivity contribution is 5.66. The summed E-state index contributed by atoms with van der Waals surface area (Å²) in [6.07, 6.45) is 6.02. The number of aliphatic carboxylic acids is 1. The molecular formula is C15H17N3O2. The fourth-order valence-electron chi connectivity index (χ4n) is 2.76. The molecule has 1 N–H and O–H groups in total. The summed E-state index contributed by atoms with van der Waals surface area (Å²) in [4.78, 5) is 10.6. The van der Waals surface area contributed by atoms with E-state index in [1.54, 1.807) is 10.9 Å². The van der Waals surface area contributed by atoms with Crippen molar-refractivity contribution in [3.8, 4) is 11.3 Å². The highest BCUT2D eigenvalue weighted by Gasteiger charge is 2.13. The zero-order valence-electron chi connectivity index (χ0n) is 11.2. The van der Waals surface area contributed by atoms with Crippen LogP contribution in [0.2, 0.25) is 0 Å². The van der Waals surface area contributed by atoms with E-state index < -0.39 is 5.97 Å². The number of fused-ring (bicyclic) bond motifs is 1. The Kier molecular flexibility index (Phi) is 3.50. The number of carboxylic acids is 1. The number of aryl methyl sites for hydroxylation is 3. The van der Waals surface area contributed by atoms with Crippen LogP contribution in [0.4, 0.5) is 0 Å². The van der Waals surface area contributed by atoms with Crippen LogP contribution in [0.15, 0.2) is 24.4 Å². The topological polar surface area (TPSA) is 68.0 Å². The summed E-state index contributed by atoms with van der Waals surface area (Å²) < 4.78 is 1.79. The van der Waals surface area contributed by atoms with Crippen molar-refractivity contribution in [2.24, 2.45) is 0 Å². The third-order valence-electron chi connectivity index (χ3n) is 3.77. The zero-order valence-corrected chi connectivity index (χ0v) is 11.2. The number of benzene rings is 1. The van der Waals surface area contributed by atoms with Crippen LogP contribution in [-0.4, -0.2) is 26.1 Å². The van der Waals surface area contributed by atoms with Gasteiger partial charge in [0, 0.05) is 18.5 Å². The van der Waals surface area contributed by atoms with Crippen LogP contribution in [-0.2, 0) is 24.2 Å². The van der Waals surface area contributed by atoms with Gasteiger partial charge in [0.25, 0.3) is 0 Å². The van der Waals surface area contributed by atoms with E-state index in [1.165, 1.54) is 24.0 Å². The maximum absolute atomic E-state index is 10.6. The number of hydrogen-bond acceptors (Lipinski definition) is 3. The number of carbonyl (C=O) groups is 1. The molecule has 3 rings (SSSR count). The summed E-state index contributed by atoms with van der Waals surface area (Å²) in [6, 6.07) is 6.51. The van der Waals surface area contributed by atoms with Crippen LogP contribution in [0.3, 0.4) is 0 Å². The number of nitrogens with zero attached hydrogens (tertiary/aromatic N) is 3. The number of rotatable bonds is 5. The Morgan fingerprint density at radius 3 is 3.00 bits per heavy atom. The first-order valence-electron chi connectivity index (χ1n) is 6.96. The molecule has 1 heterocycles. The normalized spacial score (nSPS) is 13.4.